The number of hydrogen-bond acceptors (Lipinski definition) is 2. The van der Waals surface area contributed by atoms with E-state index in [4.69, 9.17) is 5.73 Å². The Bertz CT molecular complexity index is 378. The zero-order chi connectivity index (χ0) is 9.10. The molecule has 0 saturated carbocycles. The van der Waals surface area contributed by atoms with Crippen molar-refractivity contribution < 1.29 is 0 Å². The zero-order valence-corrected chi connectivity index (χ0v) is 7.20. The fourth-order valence-corrected chi connectivity index (χ4v) is 1.33. The quantitative estimate of drug-likeness (QED) is 0.723. The molecule has 0 aliphatic rings. The van der Waals surface area contributed by atoms with Crippen LogP contribution in [0, 0.1) is 0 Å². The maximum absolute atomic E-state index is 5.56. The van der Waals surface area contributed by atoms with Crippen LogP contribution in [0.5, 0.6) is 0 Å². The van der Waals surface area contributed by atoms with Gasteiger partial charge in [-0.3, -0.25) is 5.10 Å². The Kier molecular flexibility index (Phi) is 2.10. The molecule has 2 rings (SSSR count). The number of rotatable bonds is 2. The first-order chi connectivity index (χ1) is 6.42. The van der Waals surface area contributed by atoms with E-state index in [2.05, 4.69) is 10.2 Å². The summed E-state index contributed by atoms with van der Waals surface area (Å²) in [5.74, 6) is 0. The molecule has 1 heterocycles. The Morgan fingerprint density at radius 2 is 2.00 bits per heavy atom. The maximum atomic E-state index is 5.56. The highest BCUT2D eigenvalue weighted by molar-refractivity contribution is 5.64. The van der Waals surface area contributed by atoms with Crippen LogP contribution in [-0.4, -0.2) is 10.2 Å². The first kappa shape index (κ1) is 8.01. The number of nitrogens with zero attached hydrogens (tertiary/aromatic N) is 1. The highest BCUT2D eigenvalue weighted by atomic mass is 15.1. The largest absolute Gasteiger partial charge is 0.325 e. The van der Waals surface area contributed by atoms with E-state index in [0.717, 1.165) is 16.8 Å². The van der Waals surface area contributed by atoms with Gasteiger partial charge in [-0.15, -0.1) is 0 Å². The summed E-state index contributed by atoms with van der Waals surface area (Å²) in [7, 11) is 0. The van der Waals surface area contributed by atoms with Crippen LogP contribution in [-0.2, 0) is 6.54 Å². The number of H-pyrrole nitrogens is 1. The second-order valence-corrected chi connectivity index (χ2v) is 2.83. The van der Waals surface area contributed by atoms with Crippen molar-refractivity contribution in [1.29, 1.82) is 0 Å². The molecular formula is C10H11N3. The van der Waals surface area contributed by atoms with E-state index in [9.17, 15) is 0 Å². The molecule has 1 aromatic carbocycles. The Labute approximate surface area is 76.6 Å². The van der Waals surface area contributed by atoms with E-state index in [1.165, 1.54) is 0 Å². The van der Waals surface area contributed by atoms with Gasteiger partial charge in [0.15, 0.2) is 0 Å². The topological polar surface area (TPSA) is 54.7 Å². The molecule has 0 bridgehead atoms. The molecule has 66 valence electrons. The number of nitrogens with two attached hydrogens (primary N) is 1. The average Bonchev–Trinajstić information content (AvgIpc) is 2.67. The average molecular weight is 173 g/mol. The van der Waals surface area contributed by atoms with Crippen LogP contribution >= 0.6 is 0 Å². The molecule has 1 aromatic heterocycles. The summed E-state index contributed by atoms with van der Waals surface area (Å²) in [4.78, 5) is 0. The van der Waals surface area contributed by atoms with Crippen LogP contribution in [0.15, 0.2) is 36.5 Å². The first-order valence-electron chi connectivity index (χ1n) is 4.19. The summed E-state index contributed by atoms with van der Waals surface area (Å²) in [6, 6.07) is 10.1. The number of aromatic amines is 1. The van der Waals surface area contributed by atoms with E-state index in [0.29, 0.717) is 6.54 Å². The van der Waals surface area contributed by atoms with Gasteiger partial charge in [-0.05, 0) is 5.56 Å². The van der Waals surface area contributed by atoms with Crippen molar-refractivity contribution in [3.05, 3.63) is 42.2 Å². The van der Waals surface area contributed by atoms with E-state index in [1.54, 1.807) is 6.20 Å². The molecule has 0 amide bonds. The summed E-state index contributed by atoms with van der Waals surface area (Å²) in [6.45, 7) is 0.490. The molecule has 3 N–H and O–H groups in total. The predicted octanol–water partition coefficient (Wildman–Crippen LogP) is 1.54. The lowest BCUT2D eigenvalue weighted by Gasteiger charge is -1.99. The van der Waals surface area contributed by atoms with Gasteiger partial charge in [0.2, 0.25) is 0 Å². The van der Waals surface area contributed by atoms with Crippen molar-refractivity contribution in [3.8, 4) is 11.1 Å². The molecule has 0 atom stereocenters. The minimum absolute atomic E-state index is 0.490. The van der Waals surface area contributed by atoms with Crippen molar-refractivity contribution in [1.82, 2.24) is 10.2 Å². The lowest BCUT2D eigenvalue weighted by Crippen LogP contribution is -1.98. The number of aromatic nitrogens is 2. The summed E-state index contributed by atoms with van der Waals surface area (Å²) in [5.41, 5.74) is 8.78. The second kappa shape index (κ2) is 3.41. The van der Waals surface area contributed by atoms with Crippen LogP contribution < -0.4 is 5.73 Å². The molecule has 0 aliphatic heterocycles. The third-order valence-corrected chi connectivity index (χ3v) is 2.01. The van der Waals surface area contributed by atoms with Crippen molar-refractivity contribution in [2.45, 2.75) is 6.54 Å². The molecule has 0 fully saturated rings. The molecule has 0 unspecified atom stereocenters. The fourth-order valence-electron chi connectivity index (χ4n) is 1.33. The molecule has 0 radical (unpaired) electrons. The normalized spacial score (nSPS) is 10.2. The third-order valence-electron chi connectivity index (χ3n) is 2.01. The SMILES string of the molecule is NCc1[nH]ncc1-c1ccccc1. The molecule has 0 saturated heterocycles. The fraction of sp³-hybridized carbons (Fsp3) is 0.100. The number of hydrogen-bond donors (Lipinski definition) is 2. The number of nitrogens with one attached hydrogen (secondary N) is 1. The molecule has 3 nitrogen and oxygen atoms in total. The second-order valence-electron chi connectivity index (χ2n) is 2.83. The molecular weight excluding hydrogens is 162 g/mol. The van der Waals surface area contributed by atoms with E-state index < -0.39 is 0 Å². The summed E-state index contributed by atoms with van der Waals surface area (Å²) >= 11 is 0. The van der Waals surface area contributed by atoms with Crippen LogP contribution in [0.2, 0.25) is 0 Å². The summed E-state index contributed by atoms with van der Waals surface area (Å²) in [5, 5.41) is 6.84. The number of benzene rings is 1. The summed E-state index contributed by atoms with van der Waals surface area (Å²) < 4.78 is 0. The monoisotopic (exact) mass is 173 g/mol. The molecule has 2 aromatic rings. The van der Waals surface area contributed by atoms with Gasteiger partial charge < -0.3 is 5.73 Å². The minimum Gasteiger partial charge on any atom is -0.325 e. The van der Waals surface area contributed by atoms with Gasteiger partial charge in [-0.2, -0.15) is 5.10 Å². The van der Waals surface area contributed by atoms with Crippen molar-refractivity contribution in [2.24, 2.45) is 5.73 Å². The Morgan fingerprint density at radius 1 is 1.23 bits per heavy atom. The van der Waals surface area contributed by atoms with Gasteiger partial charge in [-0.25, -0.2) is 0 Å². The first-order valence-corrected chi connectivity index (χ1v) is 4.19. The van der Waals surface area contributed by atoms with E-state index >= 15 is 0 Å². The third kappa shape index (κ3) is 1.46. The lowest BCUT2D eigenvalue weighted by molar-refractivity contribution is 0.948. The molecule has 3 heteroatoms. The molecule has 0 spiro atoms. The molecule has 13 heavy (non-hydrogen) atoms. The van der Waals surface area contributed by atoms with Crippen molar-refractivity contribution in [2.75, 3.05) is 0 Å². The smallest absolute Gasteiger partial charge is 0.0569 e. The van der Waals surface area contributed by atoms with Crippen LogP contribution in [0.3, 0.4) is 0 Å². The molecule has 0 aliphatic carbocycles. The van der Waals surface area contributed by atoms with E-state index in [1.807, 2.05) is 30.3 Å². The highest BCUT2D eigenvalue weighted by Gasteiger charge is 2.04. The van der Waals surface area contributed by atoms with Crippen molar-refractivity contribution in [3.63, 3.8) is 0 Å². The Morgan fingerprint density at radius 3 is 2.69 bits per heavy atom. The zero-order valence-electron chi connectivity index (χ0n) is 7.20. The predicted molar refractivity (Wildman–Crippen MR) is 51.9 cm³/mol. The standard InChI is InChI=1S/C10H11N3/c11-6-10-9(7-12-13-10)8-4-2-1-3-5-8/h1-5,7H,6,11H2,(H,12,13). The van der Waals surface area contributed by atoms with E-state index in [-0.39, 0.29) is 0 Å². The Balaban J connectivity index is 2.47. The van der Waals surface area contributed by atoms with Crippen LogP contribution in [0.4, 0.5) is 0 Å². The van der Waals surface area contributed by atoms with Crippen LogP contribution in [0.25, 0.3) is 11.1 Å². The van der Waals surface area contributed by atoms with Gasteiger partial charge in [0.1, 0.15) is 0 Å². The van der Waals surface area contributed by atoms with Gasteiger partial charge in [0.05, 0.1) is 11.9 Å². The van der Waals surface area contributed by atoms with Crippen molar-refractivity contribution >= 4 is 0 Å². The summed E-state index contributed by atoms with van der Waals surface area (Å²) in [6.07, 6.45) is 1.80. The van der Waals surface area contributed by atoms with Crippen LogP contribution in [0.1, 0.15) is 5.69 Å². The lowest BCUT2D eigenvalue weighted by atomic mass is 10.1. The Hall–Kier alpha value is -1.61. The maximum Gasteiger partial charge on any atom is 0.0569 e. The highest BCUT2D eigenvalue weighted by Crippen LogP contribution is 2.20. The minimum atomic E-state index is 0.490. The van der Waals surface area contributed by atoms with Gasteiger partial charge in [0, 0.05) is 12.1 Å². The van der Waals surface area contributed by atoms with Gasteiger partial charge >= 0.3 is 0 Å². The van der Waals surface area contributed by atoms with Gasteiger partial charge in [-0.1, -0.05) is 30.3 Å². The van der Waals surface area contributed by atoms with Gasteiger partial charge in [0.25, 0.3) is 0 Å².